The number of methoxy groups -OCH3 is 2. The van der Waals surface area contributed by atoms with E-state index in [9.17, 15) is 14.4 Å². The first-order chi connectivity index (χ1) is 9.40. The second kappa shape index (κ2) is 7.25. The minimum atomic E-state index is -0.633. The van der Waals surface area contributed by atoms with Gasteiger partial charge in [0.15, 0.2) is 0 Å². The third-order valence-corrected chi connectivity index (χ3v) is 4.16. The summed E-state index contributed by atoms with van der Waals surface area (Å²) in [7, 11) is 2.40. The number of hydrogen-bond donors (Lipinski definition) is 0. The van der Waals surface area contributed by atoms with Crippen LogP contribution < -0.4 is 0 Å². The molecule has 1 aromatic heterocycles. The summed E-state index contributed by atoms with van der Waals surface area (Å²) < 4.78 is 9.01. The summed E-state index contributed by atoms with van der Waals surface area (Å²) in [6.07, 6.45) is 0. The molecule has 0 radical (unpaired) electrons. The van der Waals surface area contributed by atoms with E-state index in [0.29, 0.717) is 5.02 Å². The number of hydrogen-bond acceptors (Lipinski definition) is 6. The lowest BCUT2D eigenvalue weighted by molar-refractivity contribution is -0.144. The molecular formula is C12H14ClNO5S. The predicted octanol–water partition coefficient (Wildman–Crippen LogP) is 1.50. The summed E-state index contributed by atoms with van der Waals surface area (Å²) in [6.45, 7) is 1.07. The lowest BCUT2D eigenvalue weighted by Gasteiger charge is -2.19. The molecule has 0 saturated carbocycles. The Morgan fingerprint density at radius 3 is 2.05 bits per heavy atom. The Bertz CT molecular complexity index is 510. The first-order valence-electron chi connectivity index (χ1n) is 5.57. The van der Waals surface area contributed by atoms with Crippen molar-refractivity contribution in [2.24, 2.45) is 0 Å². The van der Waals surface area contributed by atoms with Gasteiger partial charge in [-0.15, -0.1) is 11.3 Å². The molecular weight excluding hydrogens is 306 g/mol. The molecule has 0 fully saturated rings. The lowest BCUT2D eigenvalue weighted by atomic mass is 10.3. The van der Waals surface area contributed by atoms with Gasteiger partial charge >= 0.3 is 11.9 Å². The number of rotatable bonds is 5. The Balaban J connectivity index is 2.97. The summed E-state index contributed by atoms with van der Waals surface area (Å²) in [5.41, 5.74) is 0.760. The van der Waals surface area contributed by atoms with Gasteiger partial charge in [0.2, 0.25) is 0 Å². The van der Waals surface area contributed by atoms with Gasteiger partial charge in [-0.3, -0.25) is 14.4 Å². The van der Waals surface area contributed by atoms with Gasteiger partial charge in [0.05, 0.1) is 19.2 Å². The summed E-state index contributed by atoms with van der Waals surface area (Å²) in [4.78, 5) is 36.3. The summed E-state index contributed by atoms with van der Waals surface area (Å²) >= 11 is 7.17. The van der Waals surface area contributed by atoms with E-state index in [0.717, 1.165) is 21.8 Å². The number of amides is 1. The van der Waals surface area contributed by atoms with Gasteiger partial charge in [-0.2, -0.15) is 0 Å². The number of ether oxygens (including phenoxy) is 2. The number of carbonyl (C=O) groups excluding carboxylic acids is 3. The van der Waals surface area contributed by atoms with Gasteiger partial charge in [-0.25, -0.2) is 0 Å². The van der Waals surface area contributed by atoms with Crippen LogP contribution in [0.5, 0.6) is 0 Å². The van der Waals surface area contributed by atoms with Gasteiger partial charge in [0.1, 0.15) is 18.0 Å². The molecule has 6 nitrogen and oxygen atoms in total. The molecule has 110 valence electrons. The van der Waals surface area contributed by atoms with Gasteiger partial charge in [0, 0.05) is 0 Å². The molecule has 0 saturated heterocycles. The van der Waals surface area contributed by atoms with Crippen molar-refractivity contribution < 1.29 is 23.9 Å². The Morgan fingerprint density at radius 1 is 1.20 bits per heavy atom. The summed E-state index contributed by atoms with van der Waals surface area (Å²) in [5, 5.41) is 2.05. The van der Waals surface area contributed by atoms with E-state index in [2.05, 4.69) is 9.47 Å². The van der Waals surface area contributed by atoms with Crippen molar-refractivity contribution in [2.45, 2.75) is 6.92 Å². The molecule has 0 aliphatic heterocycles. The number of esters is 2. The van der Waals surface area contributed by atoms with Crippen LogP contribution in [0.25, 0.3) is 0 Å². The summed E-state index contributed by atoms with van der Waals surface area (Å²) in [6, 6.07) is 0. The topological polar surface area (TPSA) is 72.9 Å². The quantitative estimate of drug-likeness (QED) is 0.769. The van der Waals surface area contributed by atoms with E-state index in [1.165, 1.54) is 14.2 Å². The number of aryl methyl sites for hydroxylation is 1. The van der Waals surface area contributed by atoms with Gasteiger partial charge < -0.3 is 14.4 Å². The van der Waals surface area contributed by atoms with Crippen LogP contribution in [-0.4, -0.2) is 50.1 Å². The van der Waals surface area contributed by atoms with E-state index >= 15 is 0 Å². The van der Waals surface area contributed by atoms with Crippen molar-refractivity contribution in [2.75, 3.05) is 27.3 Å². The van der Waals surface area contributed by atoms with Crippen LogP contribution in [-0.2, 0) is 19.1 Å². The van der Waals surface area contributed by atoms with Crippen LogP contribution in [0.4, 0.5) is 0 Å². The Labute approximate surface area is 125 Å². The van der Waals surface area contributed by atoms with Crippen LogP contribution in [0.1, 0.15) is 15.2 Å². The largest absolute Gasteiger partial charge is 0.468 e. The van der Waals surface area contributed by atoms with E-state index in [-0.39, 0.29) is 18.0 Å². The van der Waals surface area contributed by atoms with Crippen molar-refractivity contribution in [3.8, 4) is 0 Å². The van der Waals surface area contributed by atoms with Crippen molar-refractivity contribution in [3.63, 3.8) is 0 Å². The normalized spacial score (nSPS) is 10.0. The smallest absolute Gasteiger partial charge is 0.325 e. The number of halogens is 1. The molecule has 0 bridgehead atoms. The molecule has 1 rings (SSSR count). The SMILES string of the molecule is COC(=O)CN(CC(=O)OC)C(=O)c1scc(C)c1Cl. The zero-order valence-electron chi connectivity index (χ0n) is 11.3. The molecule has 8 heteroatoms. The highest BCUT2D eigenvalue weighted by molar-refractivity contribution is 7.13. The molecule has 0 aliphatic rings. The zero-order valence-corrected chi connectivity index (χ0v) is 12.8. The second-order valence-electron chi connectivity index (χ2n) is 3.88. The average molecular weight is 320 g/mol. The molecule has 0 spiro atoms. The minimum absolute atomic E-state index is 0.275. The molecule has 1 heterocycles. The van der Waals surface area contributed by atoms with Gasteiger partial charge in [0.25, 0.3) is 5.91 Å². The van der Waals surface area contributed by atoms with E-state index < -0.39 is 17.8 Å². The van der Waals surface area contributed by atoms with Crippen LogP contribution in [0, 0.1) is 6.92 Å². The highest BCUT2D eigenvalue weighted by Gasteiger charge is 2.25. The molecule has 20 heavy (non-hydrogen) atoms. The fourth-order valence-corrected chi connectivity index (χ4v) is 2.60. The minimum Gasteiger partial charge on any atom is -0.468 e. The third-order valence-electron chi connectivity index (χ3n) is 2.48. The Kier molecular flexibility index (Phi) is 5.97. The molecule has 0 atom stereocenters. The third kappa shape index (κ3) is 3.94. The summed E-state index contributed by atoms with van der Waals surface area (Å²) in [5.74, 6) is -1.78. The van der Waals surface area contributed by atoms with Crippen LogP contribution in [0.3, 0.4) is 0 Å². The van der Waals surface area contributed by atoms with Gasteiger partial charge in [-0.05, 0) is 17.9 Å². The van der Waals surface area contributed by atoms with E-state index in [1.807, 2.05) is 0 Å². The fourth-order valence-electron chi connectivity index (χ4n) is 1.36. The monoisotopic (exact) mass is 319 g/mol. The highest BCUT2D eigenvalue weighted by atomic mass is 35.5. The highest BCUT2D eigenvalue weighted by Crippen LogP contribution is 2.28. The van der Waals surface area contributed by atoms with Gasteiger partial charge in [-0.1, -0.05) is 11.6 Å². The average Bonchev–Trinajstić information content (AvgIpc) is 2.77. The zero-order chi connectivity index (χ0) is 15.3. The van der Waals surface area contributed by atoms with Crippen LogP contribution in [0.15, 0.2) is 5.38 Å². The molecule has 1 aromatic rings. The Morgan fingerprint density at radius 2 is 1.70 bits per heavy atom. The maximum atomic E-state index is 12.3. The molecule has 0 aromatic carbocycles. The van der Waals surface area contributed by atoms with Crippen molar-refractivity contribution in [1.82, 2.24) is 4.90 Å². The second-order valence-corrected chi connectivity index (χ2v) is 5.13. The molecule has 1 amide bonds. The standard InChI is InChI=1S/C12H14ClNO5S/c1-7-6-20-11(10(7)13)12(17)14(4-8(15)18-2)5-9(16)19-3/h6H,4-5H2,1-3H3. The van der Waals surface area contributed by atoms with Crippen molar-refractivity contribution >= 4 is 40.8 Å². The van der Waals surface area contributed by atoms with Crippen molar-refractivity contribution in [3.05, 3.63) is 20.8 Å². The van der Waals surface area contributed by atoms with E-state index in [1.54, 1.807) is 12.3 Å². The maximum absolute atomic E-state index is 12.3. The van der Waals surface area contributed by atoms with Crippen molar-refractivity contribution in [1.29, 1.82) is 0 Å². The molecule has 0 N–H and O–H groups in total. The predicted molar refractivity (Wildman–Crippen MR) is 74.0 cm³/mol. The first kappa shape index (κ1) is 16.5. The molecule has 0 unspecified atom stereocenters. The Hall–Kier alpha value is -1.60. The van der Waals surface area contributed by atoms with Crippen LogP contribution >= 0.6 is 22.9 Å². The van der Waals surface area contributed by atoms with E-state index in [4.69, 9.17) is 11.6 Å². The number of nitrogens with zero attached hydrogens (tertiary/aromatic N) is 1. The van der Waals surface area contributed by atoms with Crippen LogP contribution in [0.2, 0.25) is 5.02 Å². The number of thiophene rings is 1. The lowest BCUT2D eigenvalue weighted by Crippen LogP contribution is -2.40. The maximum Gasteiger partial charge on any atom is 0.325 e. The number of carbonyl (C=O) groups is 3. The molecule has 0 aliphatic carbocycles. The fraction of sp³-hybridized carbons (Fsp3) is 0.417. The first-order valence-corrected chi connectivity index (χ1v) is 6.83.